The molecule has 4 rings (SSSR count). The first kappa shape index (κ1) is 15.6. The molecule has 0 aromatic carbocycles. The average molecular weight is 340 g/mol. The highest BCUT2D eigenvalue weighted by Gasteiger charge is 2.29. The van der Waals surface area contributed by atoms with Crippen LogP contribution in [0.25, 0.3) is 11.5 Å². The van der Waals surface area contributed by atoms with Gasteiger partial charge in [-0.1, -0.05) is 0 Å². The zero-order valence-corrected chi connectivity index (χ0v) is 14.5. The van der Waals surface area contributed by atoms with Crippen molar-refractivity contribution in [1.29, 1.82) is 0 Å². The molecule has 1 aliphatic heterocycles. The van der Waals surface area contributed by atoms with Gasteiger partial charge in [0.25, 0.3) is 5.91 Å². The first-order chi connectivity index (χ1) is 12.1. The van der Waals surface area contributed by atoms with E-state index in [0.29, 0.717) is 24.6 Å². The maximum Gasteiger partial charge on any atom is 0.274 e. The van der Waals surface area contributed by atoms with Crippen LogP contribution in [0.15, 0.2) is 18.6 Å². The molecule has 0 radical (unpaired) electrons. The number of carbonyl (C=O) groups is 1. The Kier molecular flexibility index (Phi) is 3.63. The Balaban J connectivity index is 1.66. The Morgan fingerprint density at radius 1 is 1.28 bits per heavy atom. The number of aryl methyl sites for hydroxylation is 3. The van der Waals surface area contributed by atoms with Crippen LogP contribution in [-0.4, -0.2) is 51.7 Å². The van der Waals surface area contributed by atoms with Crippen LogP contribution in [0.4, 0.5) is 0 Å². The van der Waals surface area contributed by atoms with Crippen LogP contribution in [0.1, 0.15) is 28.7 Å². The van der Waals surface area contributed by atoms with Crippen LogP contribution in [0.3, 0.4) is 0 Å². The van der Waals surface area contributed by atoms with Crippen molar-refractivity contribution in [3.63, 3.8) is 0 Å². The molecular formula is C16H20N8O. The van der Waals surface area contributed by atoms with Gasteiger partial charge in [-0.2, -0.15) is 10.2 Å². The zero-order chi connectivity index (χ0) is 17.6. The summed E-state index contributed by atoms with van der Waals surface area (Å²) in [4.78, 5) is 14.6. The summed E-state index contributed by atoms with van der Waals surface area (Å²) in [5.74, 6) is 0.659. The van der Waals surface area contributed by atoms with Gasteiger partial charge in [-0.05, 0) is 13.0 Å². The number of hydrogen-bond acceptors (Lipinski definition) is 5. The number of aromatic nitrogens is 7. The third-order valence-corrected chi connectivity index (χ3v) is 4.64. The van der Waals surface area contributed by atoms with E-state index in [0.717, 1.165) is 29.9 Å². The Hall–Kier alpha value is -2.97. The first-order valence-corrected chi connectivity index (χ1v) is 8.30. The lowest BCUT2D eigenvalue weighted by molar-refractivity contribution is 0.0726. The van der Waals surface area contributed by atoms with Gasteiger partial charge in [0.1, 0.15) is 17.7 Å². The van der Waals surface area contributed by atoms with Gasteiger partial charge >= 0.3 is 0 Å². The van der Waals surface area contributed by atoms with Gasteiger partial charge < -0.3 is 9.47 Å². The minimum atomic E-state index is -0.0504. The Morgan fingerprint density at radius 2 is 2.12 bits per heavy atom. The fourth-order valence-electron chi connectivity index (χ4n) is 3.26. The minimum absolute atomic E-state index is 0.0504. The summed E-state index contributed by atoms with van der Waals surface area (Å²) in [6, 6.07) is 1.77. The topological polar surface area (TPSA) is 86.7 Å². The van der Waals surface area contributed by atoms with Crippen molar-refractivity contribution in [3.05, 3.63) is 35.5 Å². The van der Waals surface area contributed by atoms with Crippen LogP contribution in [0.2, 0.25) is 0 Å². The Bertz CT molecular complexity index is 934. The zero-order valence-electron chi connectivity index (χ0n) is 14.5. The predicted octanol–water partition coefficient (Wildman–Crippen LogP) is 0.630. The fraction of sp³-hybridized carbons (Fsp3) is 0.438. The third-order valence-electron chi connectivity index (χ3n) is 4.64. The molecule has 0 atom stereocenters. The van der Waals surface area contributed by atoms with E-state index in [9.17, 15) is 4.79 Å². The van der Waals surface area contributed by atoms with Crippen molar-refractivity contribution >= 4 is 5.91 Å². The second kappa shape index (κ2) is 5.83. The molecule has 9 heteroatoms. The molecule has 3 aromatic heterocycles. The SMILES string of the molecule is CCn1ccc(C(=O)N2CCc3c(c(-c4nncn4C)nn3C)C2)n1. The van der Waals surface area contributed by atoms with Gasteiger partial charge in [-0.25, -0.2) is 0 Å². The van der Waals surface area contributed by atoms with E-state index in [1.54, 1.807) is 17.1 Å². The lowest BCUT2D eigenvalue weighted by Crippen LogP contribution is -2.36. The maximum absolute atomic E-state index is 12.8. The molecule has 3 aromatic rings. The fourth-order valence-corrected chi connectivity index (χ4v) is 3.26. The quantitative estimate of drug-likeness (QED) is 0.698. The third kappa shape index (κ3) is 2.51. The molecule has 0 N–H and O–H groups in total. The summed E-state index contributed by atoms with van der Waals surface area (Å²) in [5.41, 5.74) is 3.44. The average Bonchev–Trinajstić information content (AvgIpc) is 3.33. The standard InChI is InChI=1S/C16H20N8O/c1-4-24-8-5-12(19-24)16(25)23-7-6-13-11(9-23)14(20-22(13)3)15-18-17-10-21(15)2/h5,8,10H,4,6-7,9H2,1-3H3. The normalized spacial score (nSPS) is 14.0. The van der Waals surface area contributed by atoms with Crippen LogP contribution in [0, 0.1) is 0 Å². The lowest BCUT2D eigenvalue weighted by Gasteiger charge is -2.27. The molecule has 0 unspecified atom stereocenters. The molecule has 0 saturated heterocycles. The molecule has 0 fully saturated rings. The predicted molar refractivity (Wildman–Crippen MR) is 89.6 cm³/mol. The van der Waals surface area contributed by atoms with Gasteiger partial charge in [0, 0.05) is 51.1 Å². The highest BCUT2D eigenvalue weighted by Crippen LogP contribution is 2.28. The van der Waals surface area contributed by atoms with Crippen molar-refractivity contribution in [2.75, 3.05) is 6.54 Å². The minimum Gasteiger partial charge on any atom is -0.332 e. The molecule has 1 aliphatic rings. The van der Waals surface area contributed by atoms with E-state index in [1.165, 1.54) is 0 Å². The van der Waals surface area contributed by atoms with Gasteiger partial charge in [0.05, 0.1) is 6.54 Å². The van der Waals surface area contributed by atoms with Gasteiger partial charge in [0.15, 0.2) is 5.82 Å². The van der Waals surface area contributed by atoms with Crippen molar-refractivity contribution in [1.82, 2.24) is 39.2 Å². The molecule has 0 bridgehead atoms. The Labute approximate surface area is 144 Å². The summed E-state index contributed by atoms with van der Waals surface area (Å²) in [7, 11) is 3.82. The smallest absolute Gasteiger partial charge is 0.274 e. The first-order valence-electron chi connectivity index (χ1n) is 8.30. The number of amides is 1. The molecule has 4 heterocycles. The number of carbonyl (C=O) groups excluding carboxylic acids is 1. The highest BCUT2D eigenvalue weighted by molar-refractivity contribution is 5.92. The van der Waals surface area contributed by atoms with Crippen LogP contribution < -0.4 is 0 Å². The summed E-state index contributed by atoms with van der Waals surface area (Å²) in [6.07, 6.45) is 4.24. The summed E-state index contributed by atoms with van der Waals surface area (Å²) >= 11 is 0. The molecule has 9 nitrogen and oxygen atoms in total. The van der Waals surface area contributed by atoms with Crippen LogP contribution >= 0.6 is 0 Å². The largest absolute Gasteiger partial charge is 0.332 e. The van der Waals surface area contributed by atoms with Crippen LogP contribution in [-0.2, 0) is 33.6 Å². The summed E-state index contributed by atoms with van der Waals surface area (Å²) < 4.78 is 5.48. The van der Waals surface area contributed by atoms with E-state index in [4.69, 9.17) is 0 Å². The number of hydrogen-bond donors (Lipinski definition) is 0. The molecular weight excluding hydrogens is 320 g/mol. The molecule has 0 aliphatic carbocycles. The summed E-state index contributed by atoms with van der Waals surface area (Å²) in [5, 5.41) is 17.1. The van der Waals surface area contributed by atoms with E-state index < -0.39 is 0 Å². The van der Waals surface area contributed by atoms with Crippen molar-refractivity contribution in [3.8, 4) is 11.5 Å². The molecule has 25 heavy (non-hydrogen) atoms. The van der Waals surface area contributed by atoms with Crippen LogP contribution in [0.5, 0.6) is 0 Å². The lowest BCUT2D eigenvalue weighted by atomic mass is 10.0. The second-order valence-corrected chi connectivity index (χ2v) is 6.20. The van der Waals surface area contributed by atoms with E-state index in [1.807, 2.05) is 41.4 Å². The van der Waals surface area contributed by atoms with Crippen molar-refractivity contribution in [2.45, 2.75) is 26.4 Å². The monoisotopic (exact) mass is 340 g/mol. The van der Waals surface area contributed by atoms with Gasteiger partial charge in [-0.15, -0.1) is 10.2 Å². The van der Waals surface area contributed by atoms with E-state index in [2.05, 4.69) is 20.4 Å². The Morgan fingerprint density at radius 3 is 2.80 bits per heavy atom. The van der Waals surface area contributed by atoms with Crippen molar-refractivity contribution < 1.29 is 4.79 Å². The number of fused-ring (bicyclic) bond motifs is 1. The second-order valence-electron chi connectivity index (χ2n) is 6.20. The van der Waals surface area contributed by atoms with Gasteiger partial charge in [0.2, 0.25) is 0 Å². The van der Waals surface area contributed by atoms with Crippen molar-refractivity contribution in [2.24, 2.45) is 14.1 Å². The van der Waals surface area contributed by atoms with E-state index >= 15 is 0 Å². The van der Waals surface area contributed by atoms with Gasteiger partial charge in [-0.3, -0.25) is 14.2 Å². The number of nitrogens with zero attached hydrogens (tertiary/aromatic N) is 8. The molecule has 1 amide bonds. The molecule has 130 valence electrons. The molecule has 0 saturated carbocycles. The van der Waals surface area contributed by atoms with E-state index in [-0.39, 0.29) is 5.91 Å². The maximum atomic E-state index is 12.8. The molecule has 0 spiro atoms. The summed E-state index contributed by atoms with van der Waals surface area (Å²) in [6.45, 7) is 3.90. The highest BCUT2D eigenvalue weighted by atomic mass is 16.2. The number of rotatable bonds is 3.